The molecule has 0 N–H and O–H groups in total. The van der Waals surface area contributed by atoms with E-state index in [1.54, 1.807) is 20.7 Å². The van der Waals surface area contributed by atoms with Crippen molar-refractivity contribution in [1.29, 1.82) is 0 Å². The zero-order chi connectivity index (χ0) is 28.5. The highest BCUT2D eigenvalue weighted by molar-refractivity contribution is 7.89. The van der Waals surface area contributed by atoms with Crippen LogP contribution in [0.25, 0.3) is 10.8 Å². The fourth-order valence-corrected chi connectivity index (χ4v) is 10.6. The summed E-state index contributed by atoms with van der Waals surface area (Å²) in [6, 6.07) is 16.9. The van der Waals surface area contributed by atoms with Crippen molar-refractivity contribution in [1.82, 2.24) is 13.6 Å². The van der Waals surface area contributed by atoms with E-state index in [0.717, 1.165) is 62.4 Å². The van der Waals surface area contributed by atoms with Crippen LogP contribution < -0.4 is 4.90 Å². The zero-order valence-electron chi connectivity index (χ0n) is 24.0. The Kier molecular flexibility index (Phi) is 9.49. The van der Waals surface area contributed by atoms with E-state index in [-0.39, 0.29) is 29.6 Å². The number of rotatable bonds is 8. The molecule has 4 heterocycles. The Morgan fingerprint density at radius 2 is 1.48 bits per heavy atom. The summed E-state index contributed by atoms with van der Waals surface area (Å²) in [6.07, 6.45) is 10.3. The molecule has 1 atom stereocenters. The van der Waals surface area contributed by atoms with Crippen LogP contribution in [0.15, 0.2) is 71.9 Å². The van der Waals surface area contributed by atoms with E-state index < -0.39 is 20.0 Å². The fraction of sp³-hybridized carbons (Fsp3) is 0.516. The van der Waals surface area contributed by atoms with Crippen molar-refractivity contribution in [2.45, 2.75) is 62.3 Å². The van der Waals surface area contributed by atoms with Crippen molar-refractivity contribution < 1.29 is 16.8 Å². The molecule has 6 rings (SSSR count). The Balaban J connectivity index is 0.00000353. The van der Waals surface area contributed by atoms with Crippen molar-refractivity contribution in [3.8, 4) is 0 Å². The second kappa shape index (κ2) is 12.8. The van der Waals surface area contributed by atoms with Gasteiger partial charge in [0.1, 0.15) is 0 Å². The topological polar surface area (TPSA) is 90.9 Å². The van der Waals surface area contributed by atoms with Crippen molar-refractivity contribution in [3.05, 3.63) is 67.0 Å². The second-order valence-electron chi connectivity index (χ2n) is 11.9. The fourth-order valence-electron chi connectivity index (χ4n) is 7.12. The van der Waals surface area contributed by atoms with E-state index in [9.17, 15) is 16.8 Å². The van der Waals surface area contributed by atoms with E-state index in [0.29, 0.717) is 37.4 Å². The Labute approximate surface area is 256 Å². The Morgan fingerprint density at radius 3 is 2.21 bits per heavy atom. The molecule has 0 saturated carbocycles. The summed E-state index contributed by atoms with van der Waals surface area (Å²) in [4.78, 5) is 6.86. The lowest BCUT2D eigenvalue weighted by Gasteiger charge is -2.47. The summed E-state index contributed by atoms with van der Waals surface area (Å²) in [5, 5.41) is 1.63. The zero-order valence-corrected chi connectivity index (χ0v) is 26.4. The van der Waals surface area contributed by atoms with E-state index in [1.165, 1.54) is 5.69 Å². The molecule has 3 aliphatic heterocycles. The molecule has 1 spiro atoms. The number of piperidine rings is 2. The van der Waals surface area contributed by atoms with Crippen LogP contribution in [-0.4, -0.2) is 74.9 Å². The molecule has 0 aliphatic carbocycles. The van der Waals surface area contributed by atoms with Crippen LogP contribution in [0.5, 0.6) is 0 Å². The van der Waals surface area contributed by atoms with E-state index >= 15 is 0 Å². The number of fused-ring (bicyclic) bond motifs is 1. The molecule has 3 fully saturated rings. The molecule has 228 valence electrons. The van der Waals surface area contributed by atoms with Crippen LogP contribution in [0.2, 0.25) is 0 Å². The van der Waals surface area contributed by atoms with Gasteiger partial charge in [-0.05, 0) is 80.4 Å². The number of hydrogen-bond donors (Lipinski definition) is 0. The third kappa shape index (κ3) is 6.33. The number of anilines is 1. The van der Waals surface area contributed by atoms with Gasteiger partial charge >= 0.3 is 0 Å². The second-order valence-corrected chi connectivity index (χ2v) is 15.9. The molecule has 8 nitrogen and oxygen atoms in total. The minimum Gasteiger partial charge on any atom is -0.371 e. The minimum absolute atomic E-state index is 0. The Bertz CT molecular complexity index is 1560. The molecule has 0 unspecified atom stereocenters. The largest absolute Gasteiger partial charge is 0.371 e. The molecular formula is C31H41ClN4O4S2. The first-order chi connectivity index (χ1) is 19.8. The minimum atomic E-state index is -3.67. The molecule has 11 heteroatoms. The van der Waals surface area contributed by atoms with Crippen molar-refractivity contribution in [2.75, 3.05) is 43.4 Å². The standard InChI is InChI=1S/C31H40N4O4S2.ClH/c36-40(37,34-23-16-31(17-24-34)14-21-33(22-15-31)27-12-18-32-19-13-27)25-5-9-28-8-4-20-35(28)41(38,39)30-11-3-7-26-6-1-2-10-29(26)30;/h1-3,6-7,10-13,18-19,28H,4-5,8-9,14-17,20-25H2;1H/t28-;/m0./s1. The summed E-state index contributed by atoms with van der Waals surface area (Å²) in [5.41, 5.74) is 1.44. The number of aromatic nitrogens is 1. The average Bonchev–Trinajstić information content (AvgIpc) is 3.47. The van der Waals surface area contributed by atoms with Gasteiger partial charge in [0.2, 0.25) is 20.0 Å². The van der Waals surface area contributed by atoms with Crippen LogP contribution in [0.4, 0.5) is 5.69 Å². The van der Waals surface area contributed by atoms with Gasteiger partial charge in [-0.25, -0.2) is 21.1 Å². The van der Waals surface area contributed by atoms with Crippen molar-refractivity contribution >= 4 is 48.9 Å². The number of halogens is 1. The van der Waals surface area contributed by atoms with Gasteiger partial charge < -0.3 is 4.90 Å². The smallest absolute Gasteiger partial charge is 0.243 e. The number of pyridine rings is 1. The molecule has 42 heavy (non-hydrogen) atoms. The summed E-state index contributed by atoms with van der Waals surface area (Å²) >= 11 is 0. The first-order valence-electron chi connectivity index (χ1n) is 14.9. The first kappa shape index (κ1) is 31.2. The predicted octanol–water partition coefficient (Wildman–Crippen LogP) is 5.30. The maximum absolute atomic E-state index is 13.7. The highest BCUT2D eigenvalue weighted by Crippen LogP contribution is 2.42. The van der Waals surface area contributed by atoms with Gasteiger partial charge in [-0.3, -0.25) is 4.98 Å². The number of nitrogens with zero attached hydrogens (tertiary/aromatic N) is 4. The van der Waals surface area contributed by atoms with Gasteiger partial charge in [0.15, 0.2) is 0 Å². The molecule has 0 radical (unpaired) electrons. The molecule has 1 aromatic heterocycles. The van der Waals surface area contributed by atoms with Gasteiger partial charge in [0.25, 0.3) is 0 Å². The SMILES string of the molecule is Cl.O=S(=O)(CCC[C@@H]1CCCN1S(=O)(=O)c1cccc2ccccc12)N1CCC2(CCN(c3ccncc3)CC2)CC1. The molecular weight excluding hydrogens is 592 g/mol. The number of hydrogen-bond acceptors (Lipinski definition) is 6. The van der Waals surface area contributed by atoms with Crippen molar-refractivity contribution in [2.24, 2.45) is 5.41 Å². The van der Waals surface area contributed by atoms with Gasteiger partial charge in [0.05, 0.1) is 10.6 Å². The number of sulfonamides is 2. The van der Waals surface area contributed by atoms with Crippen LogP contribution in [0, 0.1) is 5.41 Å². The van der Waals surface area contributed by atoms with Gasteiger partial charge in [-0.1, -0.05) is 36.4 Å². The van der Waals surface area contributed by atoms with E-state index in [1.807, 2.05) is 42.7 Å². The predicted molar refractivity (Wildman–Crippen MR) is 170 cm³/mol. The van der Waals surface area contributed by atoms with Crippen molar-refractivity contribution in [3.63, 3.8) is 0 Å². The van der Waals surface area contributed by atoms with Gasteiger partial charge in [-0.2, -0.15) is 4.31 Å². The molecule has 3 aliphatic rings. The Hall–Kier alpha value is -2.24. The highest BCUT2D eigenvalue weighted by Gasteiger charge is 2.41. The summed E-state index contributed by atoms with van der Waals surface area (Å²) in [6.45, 7) is 3.65. The van der Waals surface area contributed by atoms with E-state index in [4.69, 9.17) is 0 Å². The van der Waals surface area contributed by atoms with Crippen LogP contribution >= 0.6 is 12.4 Å². The normalized spacial score (nSPS) is 21.9. The molecule has 3 aromatic rings. The number of benzene rings is 2. The molecule has 3 saturated heterocycles. The lowest BCUT2D eigenvalue weighted by Crippen LogP contribution is -2.48. The van der Waals surface area contributed by atoms with Gasteiger partial charge in [-0.15, -0.1) is 12.4 Å². The first-order valence-corrected chi connectivity index (χ1v) is 17.9. The molecule has 2 aromatic carbocycles. The van der Waals surface area contributed by atoms with E-state index in [2.05, 4.69) is 22.0 Å². The monoisotopic (exact) mass is 632 g/mol. The third-order valence-corrected chi connectivity index (χ3v) is 13.6. The molecule has 0 amide bonds. The maximum Gasteiger partial charge on any atom is 0.243 e. The third-order valence-electron chi connectivity index (χ3n) is 9.63. The van der Waals surface area contributed by atoms with Crippen LogP contribution in [0.1, 0.15) is 51.4 Å². The summed E-state index contributed by atoms with van der Waals surface area (Å²) in [5.74, 6) is 0.0779. The van der Waals surface area contributed by atoms with Crippen LogP contribution in [0.3, 0.4) is 0 Å². The Morgan fingerprint density at radius 1 is 0.810 bits per heavy atom. The highest BCUT2D eigenvalue weighted by atomic mass is 35.5. The molecule has 0 bridgehead atoms. The lowest BCUT2D eigenvalue weighted by molar-refractivity contribution is 0.119. The summed E-state index contributed by atoms with van der Waals surface area (Å²) in [7, 11) is -7.04. The lowest BCUT2D eigenvalue weighted by atomic mass is 9.71. The maximum atomic E-state index is 13.7. The quantitative estimate of drug-likeness (QED) is 0.335. The van der Waals surface area contributed by atoms with Gasteiger partial charge in [0, 0.05) is 62.2 Å². The summed E-state index contributed by atoms with van der Waals surface area (Å²) < 4.78 is 57.3. The average molecular weight is 633 g/mol. The van der Waals surface area contributed by atoms with Crippen LogP contribution in [-0.2, 0) is 20.0 Å².